The van der Waals surface area contributed by atoms with Crippen LogP contribution in [0.15, 0.2) is 6.20 Å². The zero-order valence-electron chi connectivity index (χ0n) is 9.64. The smallest absolute Gasteiger partial charge is 0.0738 e. The van der Waals surface area contributed by atoms with Crippen molar-refractivity contribution in [2.24, 2.45) is 7.05 Å². The van der Waals surface area contributed by atoms with Crippen LogP contribution in [0.25, 0.3) is 0 Å². The van der Waals surface area contributed by atoms with Crippen LogP contribution in [0.4, 0.5) is 0 Å². The van der Waals surface area contributed by atoms with E-state index in [-0.39, 0.29) is 0 Å². The van der Waals surface area contributed by atoms with Crippen LogP contribution in [0.5, 0.6) is 0 Å². The molecule has 1 aromatic heterocycles. The number of aryl methyl sites for hydroxylation is 1. The summed E-state index contributed by atoms with van der Waals surface area (Å²) in [5, 5.41) is 11.3. The highest BCUT2D eigenvalue weighted by Gasteiger charge is 2.24. The first-order valence-corrected chi connectivity index (χ1v) is 5.49. The molecule has 2 rings (SSSR count). The predicted octanol–water partition coefficient (Wildman–Crippen LogP) is -0.00270. The van der Waals surface area contributed by atoms with Crippen LogP contribution in [0.1, 0.15) is 19.5 Å². The molecule has 15 heavy (non-hydrogen) atoms. The van der Waals surface area contributed by atoms with Gasteiger partial charge in [-0.1, -0.05) is 5.21 Å². The molecule has 0 bridgehead atoms. The third-order valence-electron chi connectivity index (χ3n) is 3.34. The van der Waals surface area contributed by atoms with Gasteiger partial charge in [0.05, 0.1) is 11.9 Å². The van der Waals surface area contributed by atoms with E-state index in [1.165, 1.54) is 5.69 Å². The lowest BCUT2D eigenvalue weighted by molar-refractivity contribution is 0.128. The molecule has 5 heteroatoms. The molecule has 0 aliphatic carbocycles. The van der Waals surface area contributed by atoms with Crippen LogP contribution in [-0.4, -0.2) is 45.1 Å². The van der Waals surface area contributed by atoms with Gasteiger partial charge in [0.25, 0.3) is 0 Å². The third kappa shape index (κ3) is 2.18. The van der Waals surface area contributed by atoms with Gasteiger partial charge in [-0.3, -0.25) is 9.58 Å². The van der Waals surface area contributed by atoms with Gasteiger partial charge >= 0.3 is 0 Å². The lowest BCUT2D eigenvalue weighted by atomic mass is 10.1. The Kier molecular flexibility index (Phi) is 3.02. The van der Waals surface area contributed by atoms with Gasteiger partial charge in [-0.15, -0.1) is 5.10 Å². The molecule has 0 spiro atoms. The molecular formula is C10H19N5. The molecule has 1 aliphatic rings. The second-order valence-corrected chi connectivity index (χ2v) is 4.30. The second kappa shape index (κ2) is 4.28. The highest BCUT2D eigenvalue weighted by Crippen LogP contribution is 2.12. The van der Waals surface area contributed by atoms with Gasteiger partial charge in [0.2, 0.25) is 0 Å². The number of nitrogens with zero attached hydrogens (tertiary/aromatic N) is 4. The summed E-state index contributed by atoms with van der Waals surface area (Å²) < 4.78 is 1.85. The van der Waals surface area contributed by atoms with Crippen LogP contribution >= 0.6 is 0 Å². The van der Waals surface area contributed by atoms with E-state index in [2.05, 4.69) is 34.4 Å². The fourth-order valence-corrected chi connectivity index (χ4v) is 2.01. The summed E-state index contributed by atoms with van der Waals surface area (Å²) >= 11 is 0. The van der Waals surface area contributed by atoms with Gasteiger partial charge in [-0.2, -0.15) is 0 Å². The minimum Gasteiger partial charge on any atom is -0.311 e. The van der Waals surface area contributed by atoms with Gasteiger partial charge in [-0.25, -0.2) is 0 Å². The zero-order valence-corrected chi connectivity index (χ0v) is 9.64. The van der Waals surface area contributed by atoms with E-state index in [4.69, 9.17) is 0 Å². The highest BCUT2D eigenvalue weighted by molar-refractivity contribution is 4.95. The molecule has 1 N–H and O–H groups in total. The van der Waals surface area contributed by atoms with Crippen molar-refractivity contribution in [3.8, 4) is 0 Å². The summed E-state index contributed by atoms with van der Waals surface area (Å²) in [5.41, 5.74) is 1.18. The molecule has 2 heterocycles. The molecule has 0 saturated carbocycles. The Balaban J connectivity index is 2.02. The molecule has 1 aliphatic heterocycles. The molecule has 1 fully saturated rings. The maximum Gasteiger partial charge on any atom is 0.0738 e. The van der Waals surface area contributed by atoms with Gasteiger partial charge < -0.3 is 5.32 Å². The van der Waals surface area contributed by atoms with E-state index in [0.717, 1.165) is 19.6 Å². The van der Waals surface area contributed by atoms with Crippen LogP contribution in [0.3, 0.4) is 0 Å². The molecule has 5 nitrogen and oxygen atoms in total. The second-order valence-electron chi connectivity index (χ2n) is 4.30. The van der Waals surface area contributed by atoms with E-state index in [1.54, 1.807) is 0 Å². The van der Waals surface area contributed by atoms with Crippen LogP contribution in [0.2, 0.25) is 0 Å². The average molecular weight is 209 g/mol. The average Bonchev–Trinajstić information content (AvgIpc) is 2.60. The van der Waals surface area contributed by atoms with E-state index in [0.29, 0.717) is 12.1 Å². The molecular weight excluding hydrogens is 190 g/mol. The van der Waals surface area contributed by atoms with Crippen molar-refractivity contribution in [1.29, 1.82) is 0 Å². The topological polar surface area (TPSA) is 46.0 Å². The maximum atomic E-state index is 3.95. The molecule has 0 amide bonds. The third-order valence-corrected chi connectivity index (χ3v) is 3.34. The molecule has 2 unspecified atom stereocenters. The summed E-state index contributed by atoms with van der Waals surface area (Å²) in [4.78, 5) is 2.47. The summed E-state index contributed by atoms with van der Waals surface area (Å²) in [5.74, 6) is 0. The van der Waals surface area contributed by atoms with Gasteiger partial charge in [0, 0.05) is 38.8 Å². The molecule has 2 atom stereocenters. The Morgan fingerprint density at radius 3 is 3.00 bits per heavy atom. The standard InChI is InChI=1S/C10H19N5/c1-8-9(2)15(5-4-11-8)7-10-6-12-13-14(10)3/h6,8-9,11H,4-5,7H2,1-3H3. The number of piperazine rings is 1. The van der Waals surface area contributed by atoms with Crippen LogP contribution in [0, 0.1) is 0 Å². The van der Waals surface area contributed by atoms with Crippen molar-refractivity contribution >= 4 is 0 Å². The first-order valence-electron chi connectivity index (χ1n) is 5.49. The monoisotopic (exact) mass is 209 g/mol. The predicted molar refractivity (Wildman–Crippen MR) is 58.3 cm³/mol. The Bertz CT molecular complexity index is 321. The van der Waals surface area contributed by atoms with E-state index >= 15 is 0 Å². The largest absolute Gasteiger partial charge is 0.311 e. The Morgan fingerprint density at radius 2 is 2.33 bits per heavy atom. The SMILES string of the molecule is CC1NCCN(Cc2cnnn2C)C1C. The van der Waals surface area contributed by atoms with Crippen molar-refractivity contribution < 1.29 is 0 Å². The van der Waals surface area contributed by atoms with Crippen molar-refractivity contribution in [1.82, 2.24) is 25.2 Å². The van der Waals surface area contributed by atoms with Crippen molar-refractivity contribution in [3.63, 3.8) is 0 Å². The van der Waals surface area contributed by atoms with Crippen molar-refractivity contribution in [2.45, 2.75) is 32.5 Å². The lowest BCUT2D eigenvalue weighted by Crippen LogP contribution is -2.54. The minimum atomic E-state index is 0.555. The fourth-order valence-electron chi connectivity index (χ4n) is 2.01. The molecule has 0 aromatic carbocycles. The van der Waals surface area contributed by atoms with E-state index in [1.807, 2.05) is 17.9 Å². The number of rotatable bonds is 2. The fraction of sp³-hybridized carbons (Fsp3) is 0.800. The Labute approximate surface area is 90.5 Å². The van der Waals surface area contributed by atoms with Crippen LogP contribution < -0.4 is 5.32 Å². The Morgan fingerprint density at radius 1 is 1.53 bits per heavy atom. The first kappa shape index (κ1) is 10.6. The van der Waals surface area contributed by atoms with E-state index < -0.39 is 0 Å². The zero-order chi connectivity index (χ0) is 10.8. The minimum absolute atomic E-state index is 0.555. The van der Waals surface area contributed by atoms with E-state index in [9.17, 15) is 0 Å². The van der Waals surface area contributed by atoms with Crippen LogP contribution in [-0.2, 0) is 13.6 Å². The summed E-state index contributed by atoms with van der Waals surface area (Å²) in [6.07, 6.45) is 1.85. The highest BCUT2D eigenvalue weighted by atomic mass is 15.4. The number of hydrogen-bond donors (Lipinski definition) is 1. The summed E-state index contributed by atoms with van der Waals surface area (Å²) in [6, 6.07) is 1.12. The number of aromatic nitrogens is 3. The van der Waals surface area contributed by atoms with Crippen molar-refractivity contribution in [2.75, 3.05) is 13.1 Å². The van der Waals surface area contributed by atoms with Crippen molar-refractivity contribution in [3.05, 3.63) is 11.9 Å². The number of nitrogens with one attached hydrogen (secondary N) is 1. The molecule has 0 radical (unpaired) electrons. The summed E-state index contributed by atoms with van der Waals surface area (Å²) in [7, 11) is 1.94. The van der Waals surface area contributed by atoms with Gasteiger partial charge in [0.1, 0.15) is 0 Å². The normalized spacial score (nSPS) is 28.2. The maximum absolute atomic E-state index is 3.95. The summed E-state index contributed by atoms with van der Waals surface area (Å²) in [6.45, 7) is 7.60. The first-order chi connectivity index (χ1) is 7.18. The van der Waals surface area contributed by atoms with Gasteiger partial charge in [0.15, 0.2) is 0 Å². The molecule has 84 valence electrons. The molecule has 1 aromatic rings. The quantitative estimate of drug-likeness (QED) is 0.744. The number of hydrogen-bond acceptors (Lipinski definition) is 4. The Hall–Kier alpha value is -0.940. The lowest BCUT2D eigenvalue weighted by Gasteiger charge is -2.38. The molecule has 1 saturated heterocycles. The van der Waals surface area contributed by atoms with Gasteiger partial charge in [-0.05, 0) is 13.8 Å².